The van der Waals surface area contributed by atoms with Gasteiger partial charge in [-0.3, -0.25) is 0 Å². The van der Waals surface area contributed by atoms with Crippen LogP contribution < -0.4 is 0 Å². The van der Waals surface area contributed by atoms with E-state index in [4.69, 9.17) is 0 Å². The summed E-state index contributed by atoms with van der Waals surface area (Å²) in [5.74, 6) is 3.15. The van der Waals surface area contributed by atoms with Crippen LogP contribution in [0.25, 0.3) is 0 Å². The molecule has 0 amide bonds. The fourth-order valence-electron chi connectivity index (χ4n) is 0.612. The van der Waals surface area contributed by atoms with Crippen LogP contribution in [-0.4, -0.2) is 0 Å². The Kier molecular flexibility index (Phi) is 13.9. The van der Waals surface area contributed by atoms with Crippen molar-refractivity contribution >= 4 is 0 Å². The molecule has 10 heavy (non-hydrogen) atoms. The van der Waals surface area contributed by atoms with Crippen molar-refractivity contribution in [3.63, 3.8) is 0 Å². The van der Waals surface area contributed by atoms with Crippen LogP contribution in [0.5, 0.6) is 0 Å². The van der Waals surface area contributed by atoms with E-state index >= 15 is 0 Å². The van der Waals surface area contributed by atoms with Crippen LogP contribution >= 0.6 is 0 Å². The summed E-state index contributed by atoms with van der Waals surface area (Å²) >= 11 is 0. The molecule has 0 N–H and O–H groups in total. The summed E-state index contributed by atoms with van der Waals surface area (Å²) in [6, 6.07) is 0. The van der Waals surface area contributed by atoms with E-state index in [2.05, 4.69) is 33.1 Å². The van der Waals surface area contributed by atoms with E-state index in [-0.39, 0.29) is 0 Å². The van der Waals surface area contributed by atoms with Gasteiger partial charge in [0.1, 0.15) is 0 Å². The minimum absolute atomic E-state index is 0.903. The lowest BCUT2D eigenvalue weighted by Gasteiger charge is -1.98. The van der Waals surface area contributed by atoms with Crippen LogP contribution in [0, 0.1) is 18.3 Å². The predicted molar refractivity (Wildman–Crippen MR) is 48.9 cm³/mol. The zero-order chi connectivity index (χ0) is 8.41. The second kappa shape index (κ2) is 11.4. The largest absolute Gasteiger partial charge is 0.120 e. The minimum Gasteiger partial charge on any atom is -0.120 e. The Bertz CT molecular complexity index is 74.5. The van der Waals surface area contributed by atoms with Gasteiger partial charge in [0, 0.05) is 0 Å². The average molecular weight is 140 g/mol. The highest BCUT2D eigenvalue weighted by atomic mass is 13.9. The van der Waals surface area contributed by atoms with E-state index in [1.54, 1.807) is 6.92 Å². The van der Waals surface area contributed by atoms with Gasteiger partial charge in [0.25, 0.3) is 0 Å². The van der Waals surface area contributed by atoms with Crippen LogP contribution in [0.1, 0.15) is 47.0 Å². The fourth-order valence-corrected chi connectivity index (χ4v) is 0.612. The molecule has 0 rings (SSSR count). The molecule has 60 valence electrons. The van der Waals surface area contributed by atoms with Crippen molar-refractivity contribution in [1.29, 1.82) is 0 Å². The second-order valence-electron chi connectivity index (χ2n) is 2.82. The van der Waals surface area contributed by atoms with E-state index in [1.165, 1.54) is 19.3 Å². The third kappa shape index (κ3) is 25.7. The first-order valence-corrected chi connectivity index (χ1v) is 4.06. The maximum absolute atomic E-state index is 4.60. The highest BCUT2D eigenvalue weighted by Gasteiger charge is 1.88. The number of unbranched alkanes of at least 4 members (excludes halogenated alkanes) is 1. The Balaban J connectivity index is 0. The van der Waals surface area contributed by atoms with Crippen molar-refractivity contribution in [1.82, 2.24) is 0 Å². The number of rotatable bonds is 3. The Morgan fingerprint density at radius 1 is 1.40 bits per heavy atom. The molecule has 0 nitrogen and oxygen atoms in total. The van der Waals surface area contributed by atoms with Gasteiger partial charge in [-0.15, -0.1) is 12.3 Å². The van der Waals surface area contributed by atoms with Gasteiger partial charge < -0.3 is 0 Å². The molecule has 0 aliphatic carbocycles. The molecule has 0 spiro atoms. The smallest absolute Gasteiger partial charge is 0.00297 e. The van der Waals surface area contributed by atoms with Gasteiger partial charge in [0.2, 0.25) is 0 Å². The Labute approximate surface area is 66.0 Å². The van der Waals surface area contributed by atoms with Gasteiger partial charge in [0.15, 0.2) is 0 Å². The lowest BCUT2D eigenvalue weighted by molar-refractivity contribution is 0.550. The van der Waals surface area contributed by atoms with Crippen molar-refractivity contribution in [3.05, 3.63) is 0 Å². The highest BCUT2D eigenvalue weighted by molar-refractivity contribution is 4.73. The topological polar surface area (TPSA) is 0 Å². The molecule has 0 bridgehead atoms. The second-order valence-corrected chi connectivity index (χ2v) is 2.82. The molecular formula is C10H20. The maximum atomic E-state index is 4.60. The Morgan fingerprint density at radius 3 is 1.90 bits per heavy atom. The SMILES string of the molecule is C#CC.CCCCC(C)C. The van der Waals surface area contributed by atoms with E-state index < -0.39 is 0 Å². The lowest BCUT2D eigenvalue weighted by Crippen LogP contribution is -1.83. The molecule has 0 fully saturated rings. The van der Waals surface area contributed by atoms with E-state index in [0.717, 1.165) is 5.92 Å². The molecule has 0 unspecified atom stereocenters. The number of hydrogen-bond donors (Lipinski definition) is 0. The number of hydrogen-bond acceptors (Lipinski definition) is 0. The van der Waals surface area contributed by atoms with Gasteiger partial charge in [-0.05, 0) is 12.8 Å². The zero-order valence-electron chi connectivity index (χ0n) is 7.78. The van der Waals surface area contributed by atoms with Crippen molar-refractivity contribution in [3.8, 4) is 12.3 Å². The van der Waals surface area contributed by atoms with Crippen LogP contribution in [0.15, 0.2) is 0 Å². The molecule has 0 aromatic rings. The predicted octanol–water partition coefficient (Wildman–Crippen LogP) is 3.47. The molecule has 0 radical (unpaired) electrons. The number of terminal acetylenes is 1. The van der Waals surface area contributed by atoms with Crippen molar-refractivity contribution in [2.45, 2.75) is 47.0 Å². The molecule has 0 heterocycles. The first-order valence-electron chi connectivity index (χ1n) is 4.06. The molecule has 0 aliphatic heterocycles. The molecule has 0 aliphatic rings. The van der Waals surface area contributed by atoms with Gasteiger partial charge in [-0.25, -0.2) is 0 Å². The zero-order valence-corrected chi connectivity index (χ0v) is 7.78. The third-order valence-corrected chi connectivity index (χ3v) is 1.14. The molecule has 0 heteroatoms. The summed E-state index contributed by atoms with van der Waals surface area (Å²) < 4.78 is 0. The van der Waals surface area contributed by atoms with Crippen molar-refractivity contribution in [2.75, 3.05) is 0 Å². The summed E-state index contributed by atoms with van der Waals surface area (Å²) in [7, 11) is 0. The van der Waals surface area contributed by atoms with Gasteiger partial charge in [0.05, 0.1) is 0 Å². The first-order chi connectivity index (χ1) is 4.68. The van der Waals surface area contributed by atoms with Crippen LogP contribution in [0.4, 0.5) is 0 Å². The third-order valence-electron chi connectivity index (χ3n) is 1.14. The Hall–Kier alpha value is -0.440. The lowest BCUT2D eigenvalue weighted by atomic mass is 10.1. The summed E-state index contributed by atoms with van der Waals surface area (Å²) in [6.07, 6.45) is 8.74. The molecule has 0 saturated carbocycles. The standard InChI is InChI=1S/C7H16.C3H4/c1-4-5-6-7(2)3;1-3-2/h7H,4-6H2,1-3H3;1H,2H3. The molecular weight excluding hydrogens is 120 g/mol. The van der Waals surface area contributed by atoms with Crippen LogP contribution in [0.2, 0.25) is 0 Å². The molecule has 0 aromatic carbocycles. The van der Waals surface area contributed by atoms with E-state index in [9.17, 15) is 0 Å². The van der Waals surface area contributed by atoms with Crippen molar-refractivity contribution in [2.24, 2.45) is 5.92 Å². The van der Waals surface area contributed by atoms with Crippen molar-refractivity contribution < 1.29 is 0 Å². The van der Waals surface area contributed by atoms with Gasteiger partial charge in [-0.2, -0.15) is 0 Å². The summed E-state index contributed by atoms with van der Waals surface area (Å²) in [5, 5.41) is 0. The minimum atomic E-state index is 0.903. The van der Waals surface area contributed by atoms with Gasteiger partial charge in [-0.1, -0.05) is 40.0 Å². The first kappa shape index (κ1) is 12.3. The van der Waals surface area contributed by atoms with E-state index in [0.29, 0.717) is 0 Å². The van der Waals surface area contributed by atoms with E-state index in [1.807, 2.05) is 0 Å². The van der Waals surface area contributed by atoms with Crippen LogP contribution in [-0.2, 0) is 0 Å². The fraction of sp³-hybridized carbons (Fsp3) is 0.800. The quantitative estimate of drug-likeness (QED) is 0.526. The highest BCUT2D eigenvalue weighted by Crippen LogP contribution is 2.04. The normalized spacial score (nSPS) is 8.00. The molecule has 0 aromatic heterocycles. The van der Waals surface area contributed by atoms with Gasteiger partial charge >= 0.3 is 0 Å². The summed E-state index contributed by atoms with van der Waals surface area (Å²) in [5.41, 5.74) is 0. The monoisotopic (exact) mass is 140 g/mol. The molecule has 0 atom stereocenters. The molecule has 0 saturated heterocycles. The summed E-state index contributed by atoms with van der Waals surface area (Å²) in [6.45, 7) is 8.44. The van der Waals surface area contributed by atoms with Crippen LogP contribution in [0.3, 0.4) is 0 Å². The Morgan fingerprint density at radius 2 is 1.80 bits per heavy atom. The average Bonchev–Trinajstić information content (AvgIpc) is 1.85. The summed E-state index contributed by atoms with van der Waals surface area (Å²) in [4.78, 5) is 0. The maximum Gasteiger partial charge on any atom is -0.00297 e.